The van der Waals surface area contributed by atoms with Crippen molar-refractivity contribution in [3.8, 4) is 0 Å². The summed E-state index contributed by atoms with van der Waals surface area (Å²) in [6.07, 6.45) is 1.28. The molecule has 0 amide bonds. The van der Waals surface area contributed by atoms with E-state index in [0.717, 1.165) is 11.1 Å². The minimum Gasteiger partial charge on any atom is -0.391 e. The summed E-state index contributed by atoms with van der Waals surface area (Å²) < 4.78 is 53.8. The van der Waals surface area contributed by atoms with E-state index in [1.54, 1.807) is 31.4 Å². The number of aryl methyl sites for hydroxylation is 1. The van der Waals surface area contributed by atoms with Gasteiger partial charge in [0.15, 0.2) is 6.29 Å². The van der Waals surface area contributed by atoms with E-state index < -0.39 is 31.0 Å². The Labute approximate surface area is 200 Å². The molecule has 3 atom stereocenters. The lowest BCUT2D eigenvalue weighted by molar-refractivity contribution is -0.191. The molecule has 186 valence electrons. The van der Waals surface area contributed by atoms with E-state index in [2.05, 4.69) is 46.3 Å². The predicted octanol–water partition coefficient (Wildman–Crippen LogP) is 4.42. The third kappa shape index (κ3) is 5.45. The van der Waals surface area contributed by atoms with Crippen molar-refractivity contribution in [1.82, 2.24) is 4.72 Å². The van der Waals surface area contributed by atoms with Crippen LogP contribution in [-0.2, 0) is 28.3 Å². The van der Waals surface area contributed by atoms with E-state index in [4.69, 9.17) is 18.3 Å². The molecule has 1 aromatic rings. The highest BCUT2D eigenvalue weighted by atomic mass is 32.2. The molecule has 1 aromatic carbocycles. The van der Waals surface area contributed by atoms with Gasteiger partial charge in [0, 0.05) is 30.2 Å². The largest absolute Gasteiger partial charge is 0.391 e. The minimum atomic E-state index is -3.67. The van der Waals surface area contributed by atoms with E-state index in [9.17, 15) is 8.42 Å². The molecule has 2 aliphatic heterocycles. The van der Waals surface area contributed by atoms with Crippen LogP contribution in [0.1, 0.15) is 53.5 Å². The van der Waals surface area contributed by atoms with Gasteiger partial charge in [0.1, 0.15) is 6.10 Å². The molecule has 0 bridgehead atoms. The van der Waals surface area contributed by atoms with Crippen LogP contribution < -0.4 is 4.72 Å². The average Bonchev–Trinajstić information content (AvgIpc) is 2.89. The second-order valence-electron chi connectivity index (χ2n) is 11.0. The van der Waals surface area contributed by atoms with Gasteiger partial charge in [-0.1, -0.05) is 65.3 Å². The Morgan fingerprint density at radius 1 is 1.09 bits per heavy atom. The molecule has 0 radical (unpaired) electrons. The first kappa shape index (κ1) is 26.5. The fraction of sp³-hybridized carbons (Fsp3) is 0.667. The zero-order valence-electron chi connectivity index (χ0n) is 21.1. The summed E-state index contributed by atoms with van der Waals surface area (Å²) in [5, 5.41) is -0.397. The lowest BCUT2D eigenvalue weighted by Gasteiger charge is -2.54. The Balaban J connectivity index is 1.91. The van der Waals surface area contributed by atoms with Crippen molar-refractivity contribution >= 4 is 18.6 Å². The van der Waals surface area contributed by atoms with Crippen LogP contribution in [0.2, 0.25) is 10.1 Å². The Kier molecular flexibility index (Phi) is 7.66. The molecular formula is C24H39NO6SSi. The van der Waals surface area contributed by atoms with Gasteiger partial charge in [0.25, 0.3) is 0 Å². The molecule has 0 saturated carbocycles. The summed E-state index contributed by atoms with van der Waals surface area (Å²) >= 11 is 0. The second-order valence-corrected chi connectivity index (χ2v) is 17.5. The summed E-state index contributed by atoms with van der Waals surface area (Å²) in [5.74, 6) is 0. The summed E-state index contributed by atoms with van der Waals surface area (Å²) in [4.78, 5) is 0.242. The number of sulfonamides is 1. The van der Waals surface area contributed by atoms with E-state index >= 15 is 0 Å². The maximum atomic E-state index is 12.9. The van der Waals surface area contributed by atoms with Crippen LogP contribution >= 0.6 is 0 Å². The Bertz CT molecular complexity index is 948. The molecule has 33 heavy (non-hydrogen) atoms. The highest BCUT2D eigenvalue weighted by molar-refractivity contribution is 7.89. The zero-order valence-corrected chi connectivity index (χ0v) is 22.9. The van der Waals surface area contributed by atoms with Crippen molar-refractivity contribution in [1.29, 1.82) is 0 Å². The lowest BCUT2D eigenvalue weighted by Crippen LogP contribution is -2.65. The fourth-order valence-corrected chi connectivity index (χ4v) is 10.8. The summed E-state index contributed by atoms with van der Waals surface area (Å²) in [6.45, 7) is 15.4. The molecule has 1 N–H and O–H groups in total. The van der Waals surface area contributed by atoms with Crippen molar-refractivity contribution < 1.29 is 26.7 Å². The number of hydrogen-bond donors (Lipinski definition) is 1. The van der Waals surface area contributed by atoms with Gasteiger partial charge in [0.05, 0.1) is 17.6 Å². The van der Waals surface area contributed by atoms with Crippen molar-refractivity contribution in [2.45, 2.75) is 88.4 Å². The zero-order chi connectivity index (χ0) is 24.7. The number of rotatable bonds is 5. The quantitative estimate of drug-likeness (QED) is 0.479. The highest BCUT2D eigenvalue weighted by Gasteiger charge is 2.62. The van der Waals surface area contributed by atoms with Gasteiger partial charge >= 0.3 is 8.56 Å². The maximum Gasteiger partial charge on any atom is 0.349 e. The predicted molar refractivity (Wildman–Crippen MR) is 131 cm³/mol. The molecule has 2 heterocycles. The van der Waals surface area contributed by atoms with Crippen LogP contribution in [0.3, 0.4) is 0 Å². The summed E-state index contributed by atoms with van der Waals surface area (Å²) in [6, 6.07) is 6.82. The van der Waals surface area contributed by atoms with E-state index in [1.165, 1.54) is 0 Å². The number of hydrogen-bond acceptors (Lipinski definition) is 6. The SMILES string of the molecule is CO[C@@H]1CC=C(CNS(=O)(=O)c2ccc(C)cc2)[C@H]2O[Si](C(C)(C)C)(C(C)(C)C)OC[C@H]2O1. The van der Waals surface area contributed by atoms with Gasteiger partial charge in [-0.2, -0.15) is 0 Å². The van der Waals surface area contributed by atoms with Crippen LogP contribution in [0.4, 0.5) is 0 Å². The number of fused-ring (bicyclic) bond motifs is 1. The van der Waals surface area contributed by atoms with Crippen LogP contribution in [-0.4, -0.2) is 55.7 Å². The molecule has 0 unspecified atom stereocenters. The molecule has 3 rings (SSSR count). The van der Waals surface area contributed by atoms with Gasteiger partial charge in [-0.3, -0.25) is 0 Å². The topological polar surface area (TPSA) is 83.1 Å². The molecule has 0 spiro atoms. The monoisotopic (exact) mass is 497 g/mol. The summed E-state index contributed by atoms with van der Waals surface area (Å²) in [5.41, 5.74) is 1.86. The Morgan fingerprint density at radius 2 is 1.70 bits per heavy atom. The molecule has 0 aromatic heterocycles. The number of benzene rings is 1. The van der Waals surface area contributed by atoms with Crippen LogP contribution in [0.5, 0.6) is 0 Å². The van der Waals surface area contributed by atoms with E-state index in [0.29, 0.717) is 13.0 Å². The first-order valence-electron chi connectivity index (χ1n) is 11.5. The molecule has 2 aliphatic rings. The molecule has 0 aliphatic carbocycles. The molecular weight excluding hydrogens is 458 g/mol. The number of methoxy groups -OCH3 is 1. The van der Waals surface area contributed by atoms with Crippen molar-refractivity contribution in [2.24, 2.45) is 0 Å². The molecule has 1 saturated heterocycles. The van der Waals surface area contributed by atoms with Gasteiger partial charge < -0.3 is 18.3 Å². The minimum absolute atomic E-state index is 0.135. The van der Waals surface area contributed by atoms with Gasteiger partial charge in [-0.05, 0) is 24.6 Å². The first-order valence-corrected chi connectivity index (χ1v) is 14.8. The van der Waals surface area contributed by atoms with Gasteiger partial charge in [0.2, 0.25) is 10.0 Å². The lowest BCUT2D eigenvalue weighted by atomic mass is 10.0. The number of ether oxygens (including phenoxy) is 2. The van der Waals surface area contributed by atoms with Crippen LogP contribution in [0.25, 0.3) is 0 Å². The van der Waals surface area contributed by atoms with Gasteiger partial charge in [-0.25, -0.2) is 13.1 Å². The Hall–Kier alpha value is -1.07. The van der Waals surface area contributed by atoms with Crippen molar-refractivity contribution in [3.63, 3.8) is 0 Å². The van der Waals surface area contributed by atoms with Crippen LogP contribution in [0.15, 0.2) is 40.8 Å². The third-order valence-corrected chi connectivity index (χ3v) is 12.9. The van der Waals surface area contributed by atoms with Crippen molar-refractivity contribution in [3.05, 3.63) is 41.5 Å². The third-order valence-electron chi connectivity index (χ3n) is 6.38. The molecule has 7 nitrogen and oxygen atoms in total. The van der Waals surface area contributed by atoms with Gasteiger partial charge in [-0.15, -0.1) is 0 Å². The molecule has 1 fully saturated rings. The van der Waals surface area contributed by atoms with E-state index in [1.807, 2.05) is 13.0 Å². The summed E-state index contributed by atoms with van der Waals surface area (Å²) in [7, 11) is -4.84. The first-order chi connectivity index (χ1) is 15.2. The maximum absolute atomic E-state index is 12.9. The fourth-order valence-electron chi connectivity index (χ4n) is 4.83. The van der Waals surface area contributed by atoms with E-state index in [-0.39, 0.29) is 27.6 Å². The van der Waals surface area contributed by atoms with Crippen molar-refractivity contribution in [2.75, 3.05) is 20.3 Å². The Morgan fingerprint density at radius 3 is 2.24 bits per heavy atom. The van der Waals surface area contributed by atoms with Crippen LogP contribution in [0, 0.1) is 6.92 Å². The average molecular weight is 498 g/mol. The molecule has 9 heteroatoms. The highest BCUT2D eigenvalue weighted by Crippen LogP contribution is 2.55. The second kappa shape index (κ2) is 9.52. The standard InChI is InChI=1S/C24H39NO6SSi/c1-17-9-12-19(13-10-17)32(26,27)25-15-18-11-14-21(28-8)30-20-16-29-33(23(2,3)4,24(5,6)7)31-22(18)20/h9-13,20-22,25H,14-16H2,1-8H3/t20-,21+,22-/m1/s1. The number of nitrogens with one attached hydrogen (secondary N) is 1. The smallest absolute Gasteiger partial charge is 0.349 e. The normalized spacial score (nSPS) is 26.3.